The van der Waals surface area contributed by atoms with Crippen molar-refractivity contribution in [1.82, 2.24) is 4.90 Å². The molecule has 0 aliphatic heterocycles. The number of thioether (sulfide) groups is 1. The molecule has 0 spiro atoms. The first kappa shape index (κ1) is 15.4. The molecule has 2 rings (SSSR count). The Balaban J connectivity index is 2.25. The molecule has 1 aromatic carbocycles. The Kier molecular flexibility index (Phi) is 5.49. The molecule has 0 saturated heterocycles. The molecule has 1 aliphatic carbocycles. The van der Waals surface area contributed by atoms with Gasteiger partial charge in [-0.1, -0.05) is 18.6 Å². The molecule has 1 aromatic rings. The molecular weight excluding hydrogens is 268 g/mol. The second-order valence-electron chi connectivity index (χ2n) is 5.29. The average Bonchev–Trinajstić information content (AvgIpc) is 2.96. The van der Waals surface area contributed by atoms with Gasteiger partial charge >= 0.3 is 0 Å². The summed E-state index contributed by atoms with van der Waals surface area (Å²) in [6.07, 6.45) is 5.43. The highest BCUT2D eigenvalue weighted by molar-refractivity contribution is 7.98. The Morgan fingerprint density at radius 3 is 2.80 bits per heavy atom. The van der Waals surface area contributed by atoms with Gasteiger partial charge in [0.25, 0.3) is 5.91 Å². The van der Waals surface area contributed by atoms with Gasteiger partial charge in [0.2, 0.25) is 0 Å². The van der Waals surface area contributed by atoms with Gasteiger partial charge in [0.05, 0.1) is 5.56 Å². The number of benzene rings is 1. The van der Waals surface area contributed by atoms with Gasteiger partial charge < -0.3 is 10.6 Å². The first-order valence-electron chi connectivity index (χ1n) is 7.37. The van der Waals surface area contributed by atoms with Crippen molar-refractivity contribution < 1.29 is 4.79 Å². The van der Waals surface area contributed by atoms with E-state index in [4.69, 9.17) is 5.73 Å². The highest BCUT2D eigenvalue weighted by Gasteiger charge is 2.33. The van der Waals surface area contributed by atoms with Crippen LogP contribution in [-0.4, -0.2) is 36.2 Å². The number of amides is 1. The van der Waals surface area contributed by atoms with Gasteiger partial charge in [-0.3, -0.25) is 4.79 Å². The second-order valence-corrected chi connectivity index (χ2v) is 6.13. The number of carbonyl (C=O) groups is 1. The van der Waals surface area contributed by atoms with Crippen molar-refractivity contribution in [3.05, 3.63) is 29.8 Å². The first-order chi connectivity index (χ1) is 9.72. The molecule has 1 amide bonds. The smallest absolute Gasteiger partial charge is 0.255 e. The standard InChI is InChI=1S/C16H24N2OS/c1-3-18(14-9-6-7-12(14)11-17)16(19)13-8-4-5-10-15(13)20-2/h4-5,8,10,12,14H,3,6-7,9,11,17H2,1-2H3. The summed E-state index contributed by atoms with van der Waals surface area (Å²) in [7, 11) is 0. The van der Waals surface area contributed by atoms with E-state index >= 15 is 0 Å². The number of hydrogen-bond donors (Lipinski definition) is 1. The zero-order chi connectivity index (χ0) is 14.5. The van der Waals surface area contributed by atoms with Gasteiger partial charge in [-0.2, -0.15) is 0 Å². The predicted octanol–water partition coefficient (Wildman–Crippen LogP) is 3.00. The summed E-state index contributed by atoms with van der Waals surface area (Å²) in [5.74, 6) is 0.614. The van der Waals surface area contributed by atoms with Gasteiger partial charge in [-0.15, -0.1) is 11.8 Å². The largest absolute Gasteiger partial charge is 0.336 e. The molecule has 110 valence electrons. The summed E-state index contributed by atoms with van der Waals surface area (Å²) in [6.45, 7) is 3.49. The SMILES string of the molecule is CCN(C(=O)c1ccccc1SC)C1CCCC1CN. The number of rotatable bonds is 5. The average molecular weight is 292 g/mol. The Morgan fingerprint density at radius 1 is 1.40 bits per heavy atom. The van der Waals surface area contributed by atoms with Crippen LogP contribution in [-0.2, 0) is 0 Å². The zero-order valence-corrected chi connectivity index (χ0v) is 13.2. The molecule has 2 unspecified atom stereocenters. The van der Waals surface area contributed by atoms with E-state index in [1.807, 2.05) is 35.4 Å². The fourth-order valence-corrected chi connectivity index (χ4v) is 3.80. The first-order valence-corrected chi connectivity index (χ1v) is 8.59. The fraction of sp³-hybridized carbons (Fsp3) is 0.562. The maximum absolute atomic E-state index is 12.9. The Morgan fingerprint density at radius 2 is 2.15 bits per heavy atom. The highest BCUT2D eigenvalue weighted by atomic mass is 32.2. The third-order valence-corrected chi connectivity index (χ3v) is 5.06. The Hall–Kier alpha value is -1.00. The minimum atomic E-state index is 0.155. The third-order valence-electron chi connectivity index (χ3n) is 4.26. The van der Waals surface area contributed by atoms with Gasteiger partial charge in [0, 0.05) is 17.5 Å². The maximum atomic E-state index is 12.9. The number of hydrogen-bond acceptors (Lipinski definition) is 3. The normalized spacial score (nSPS) is 21.9. The van der Waals surface area contributed by atoms with Crippen LogP contribution in [0.4, 0.5) is 0 Å². The quantitative estimate of drug-likeness (QED) is 0.849. The van der Waals surface area contributed by atoms with Gasteiger partial charge in [0.1, 0.15) is 0 Å². The number of nitrogens with zero attached hydrogens (tertiary/aromatic N) is 1. The van der Waals surface area contributed by atoms with Crippen LogP contribution >= 0.6 is 11.8 Å². The minimum Gasteiger partial charge on any atom is -0.336 e. The Labute approximate surface area is 125 Å². The second kappa shape index (κ2) is 7.14. The van der Waals surface area contributed by atoms with Crippen LogP contribution in [0.25, 0.3) is 0 Å². The van der Waals surface area contributed by atoms with E-state index in [-0.39, 0.29) is 5.91 Å². The van der Waals surface area contributed by atoms with Crippen LogP contribution < -0.4 is 5.73 Å². The molecule has 1 aliphatic rings. The van der Waals surface area contributed by atoms with Crippen LogP contribution in [0.2, 0.25) is 0 Å². The molecule has 2 N–H and O–H groups in total. The molecule has 0 radical (unpaired) electrons. The highest BCUT2D eigenvalue weighted by Crippen LogP contribution is 2.31. The van der Waals surface area contributed by atoms with Crippen molar-refractivity contribution in [3.63, 3.8) is 0 Å². The summed E-state index contributed by atoms with van der Waals surface area (Å²) >= 11 is 1.63. The lowest BCUT2D eigenvalue weighted by molar-refractivity contribution is 0.0648. The van der Waals surface area contributed by atoms with Gasteiger partial charge in [-0.05, 0) is 50.6 Å². The van der Waals surface area contributed by atoms with E-state index in [2.05, 4.69) is 6.92 Å². The van der Waals surface area contributed by atoms with E-state index in [1.54, 1.807) is 11.8 Å². The molecular formula is C16H24N2OS. The van der Waals surface area contributed by atoms with Crippen molar-refractivity contribution in [2.24, 2.45) is 11.7 Å². The summed E-state index contributed by atoms with van der Waals surface area (Å²) in [5, 5.41) is 0. The Bertz CT molecular complexity index is 464. The molecule has 1 fully saturated rings. The van der Waals surface area contributed by atoms with Crippen LogP contribution in [0, 0.1) is 5.92 Å². The van der Waals surface area contributed by atoms with Gasteiger partial charge in [0.15, 0.2) is 0 Å². The molecule has 0 bridgehead atoms. The van der Waals surface area contributed by atoms with Gasteiger partial charge in [-0.25, -0.2) is 0 Å². The van der Waals surface area contributed by atoms with Crippen molar-refractivity contribution in [3.8, 4) is 0 Å². The third kappa shape index (κ3) is 3.01. The van der Waals surface area contributed by atoms with Crippen LogP contribution in [0.1, 0.15) is 36.5 Å². The van der Waals surface area contributed by atoms with Crippen molar-refractivity contribution in [1.29, 1.82) is 0 Å². The predicted molar refractivity (Wildman–Crippen MR) is 85.1 cm³/mol. The van der Waals surface area contributed by atoms with E-state index < -0.39 is 0 Å². The van der Waals surface area contributed by atoms with E-state index in [9.17, 15) is 4.79 Å². The molecule has 2 atom stereocenters. The number of carbonyl (C=O) groups excluding carboxylic acids is 1. The van der Waals surface area contributed by atoms with Crippen molar-refractivity contribution in [2.45, 2.75) is 37.1 Å². The monoisotopic (exact) mass is 292 g/mol. The summed E-state index contributed by atoms with van der Waals surface area (Å²) < 4.78 is 0. The topological polar surface area (TPSA) is 46.3 Å². The molecule has 20 heavy (non-hydrogen) atoms. The van der Waals surface area contributed by atoms with Crippen molar-refractivity contribution in [2.75, 3.05) is 19.3 Å². The fourth-order valence-electron chi connectivity index (χ4n) is 3.21. The molecule has 1 saturated carbocycles. The van der Waals surface area contributed by atoms with E-state index in [1.165, 1.54) is 6.42 Å². The summed E-state index contributed by atoms with van der Waals surface area (Å²) in [6, 6.07) is 8.18. The maximum Gasteiger partial charge on any atom is 0.255 e. The van der Waals surface area contributed by atoms with Crippen LogP contribution in [0.3, 0.4) is 0 Å². The number of nitrogens with two attached hydrogens (primary N) is 1. The lowest BCUT2D eigenvalue weighted by Gasteiger charge is -2.32. The summed E-state index contributed by atoms with van der Waals surface area (Å²) in [5.41, 5.74) is 6.69. The molecule has 0 aromatic heterocycles. The molecule has 0 heterocycles. The summed E-state index contributed by atoms with van der Waals surface area (Å²) in [4.78, 5) is 16.0. The van der Waals surface area contributed by atoms with E-state index in [0.29, 0.717) is 18.5 Å². The zero-order valence-electron chi connectivity index (χ0n) is 12.3. The molecule has 3 nitrogen and oxygen atoms in total. The minimum absolute atomic E-state index is 0.155. The van der Waals surface area contributed by atoms with E-state index in [0.717, 1.165) is 29.8 Å². The van der Waals surface area contributed by atoms with Crippen LogP contribution in [0.15, 0.2) is 29.2 Å². The lowest BCUT2D eigenvalue weighted by atomic mass is 10.0. The van der Waals surface area contributed by atoms with Crippen molar-refractivity contribution >= 4 is 17.7 Å². The van der Waals surface area contributed by atoms with Crippen LogP contribution in [0.5, 0.6) is 0 Å². The lowest BCUT2D eigenvalue weighted by Crippen LogP contribution is -2.44. The molecule has 4 heteroatoms.